The molecule has 0 saturated carbocycles. The third-order valence-electron chi connectivity index (χ3n) is 1.29. The summed E-state index contributed by atoms with van der Waals surface area (Å²) in [5, 5.41) is 0. The maximum atomic E-state index is 10.7. The Labute approximate surface area is 65.5 Å². The second-order valence-corrected chi connectivity index (χ2v) is 2.53. The maximum Gasteiger partial charge on any atom is 0.135 e. The second-order valence-electron chi connectivity index (χ2n) is 2.53. The Hall–Kier alpha value is -1.25. The van der Waals surface area contributed by atoms with Crippen LogP contribution in [0.2, 0.25) is 0 Å². The number of carbonyl (C=O) groups excluding carboxylic acids is 1. The van der Waals surface area contributed by atoms with Gasteiger partial charge in [-0.05, 0) is 19.9 Å². The van der Waals surface area contributed by atoms with Crippen LogP contribution in [0, 0.1) is 6.92 Å². The fourth-order valence-corrected chi connectivity index (χ4v) is 0.861. The van der Waals surface area contributed by atoms with Crippen LogP contribution in [0.3, 0.4) is 0 Å². The van der Waals surface area contributed by atoms with Crippen molar-refractivity contribution in [2.75, 3.05) is 0 Å². The van der Waals surface area contributed by atoms with Gasteiger partial charge in [0.1, 0.15) is 12.1 Å². The molecular weight excluding hydrogens is 140 g/mol. The molecule has 3 nitrogen and oxygen atoms in total. The smallest absolute Gasteiger partial charge is 0.135 e. The monoisotopic (exact) mass is 150 g/mol. The molecule has 0 bridgehead atoms. The summed E-state index contributed by atoms with van der Waals surface area (Å²) < 4.78 is 0. The molecule has 1 aromatic heterocycles. The number of hydrogen-bond acceptors (Lipinski definition) is 3. The van der Waals surface area contributed by atoms with Crippen LogP contribution in [-0.2, 0) is 11.2 Å². The van der Waals surface area contributed by atoms with E-state index >= 15 is 0 Å². The van der Waals surface area contributed by atoms with Crippen molar-refractivity contribution in [1.29, 1.82) is 0 Å². The number of aryl methyl sites for hydroxylation is 1. The summed E-state index contributed by atoms with van der Waals surface area (Å²) in [6.07, 6.45) is 1.89. The lowest BCUT2D eigenvalue weighted by molar-refractivity contribution is -0.116. The van der Waals surface area contributed by atoms with Crippen LogP contribution >= 0.6 is 0 Å². The third kappa shape index (κ3) is 2.45. The van der Waals surface area contributed by atoms with Crippen molar-refractivity contribution in [3.63, 3.8) is 0 Å². The first-order chi connectivity index (χ1) is 5.18. The van der Waals surface area contributed by atoms with E-state index in [4.69, 9.17) is 0 Å². The Morgan fingerprint density at radius 1 is 1.55 bits per heavy atom. The first kappa shape index (κ1) is 7.85. The second kappa shape index (κ2) is 3.23. The number of Topliss-reactive ketones (excluding diaryl/α,β-unsaturated/α-hetero) is 1. The predicted octanol–water partition coefficient (Wildman–Crippen LogP) is 0.917. The summed E-state index contributed by atoms with van der Waals surface area (Å²) in [5.41, 5.74) is 1.70. The van der Waals surface area contributed by atoms with Gasteiger partial charge in [-0.15, -0.1) is 0 Å². The summed E-state index contributed by atoms with van der Waals surface area (Å²) in [6, 6.07) is 1.82. The lowest BCUT2D eigenvalue weighted by Gasteiger charge is -1.95. The van der Waals surface area contributed by atoms with Crippen molar-refractivity contribution in [2.24, 2.45) is 0 Å². The SMILES string of the molecule is CC(=O)Cc1cc(C)ncn1. The van der Waals surface area contributed by atoms with Gasteiger partial charge in [0.2, 0.25) is 0 Å². The van der Waals surface area contributed by atoms with E-state index in [0.717, 1.165) is 11.4 Å². The topological polar surface area (TPSA) is 42.9 Å². The number of ketones is 1. The molecule has 0 spiro atoms. The highest BCUT2D eigenvalue weighted by atomic mass is 16.1. The van der Waals surface area contributed by atoms with Crippen molar-refractivity contribution < 1.29 is 4.79 Å². The Bertz CT molecular complexity index is 271. The highest BCUT2D eigenvalue weighted by Crippen LogP contribution is 1.97. The molecule has 0 aliphatic carbocycles. The summed E-state index contributed by atoms with van der Waals surface area (Å²) in [4.78, 5) is 18.5. The van der Waals surface area contributed by atoms with Gasteiger partial charge in [-0.1, -0.05) is 0 Å². The zero-order chi connectivity index (χ0) is 8.27. The molecule has 0 aromatic carbocycles. The van der Waals surface area contributed by atoms with Crippen molar-refractivity contribution >= 4 is 5.78 Å². The molecule has 3 heteroatoms. The third-order valence-corrected chi connectivity index (χ3v) is 1.29. The minimum absolute atomic E-state index is 0.128. The van der Waals surface area contributed by atoms with Gasteiger partial charge in [-0.3, -0.25) is 4.79 Å². The molecule has 58 valence electrons. The molecule has 0 N–H and O–H groups in total. The van der Waals surface area contributed by atoms with E-state index in [2.05, 4.69) is 9.97 Å². The fourth-order valence-electron chi connectivity index (χ4n) is 0.861. The van der Waals surface area contributed by atoms with Crippen LogP contribution in [0.5, 0.6) is 0 Å². The van der Waals surface area contributed by atoms with Gasteiger partial charge < -0.3 is 0 Å². The lowest BCUT2D eigenvalue weighted by atomic mass is 10.2. The Balaban J connectivity index is 2.79. The van der Waals surface area contributed by atoms with Crippen molar-refractivity contribution in [3.8, 4) is 0 Å². The molecule has 0 amide bonds. The molecule has 0 fully saturated rings. The summed E-state index contributed by atoms with van der Waals surface area (Å²) in [5.74, 6) is 0.128. The number of carbonyl (C=O) groups is 1. The predicted molar refractivity (Wildman–Crippen MR) is 41.2 cm³/mol. The van der Waals surface area contributed by atoms with Gasteiger partial charge >= 0.3 is 0 Å². The van der Waals surface area contributed by atoms with Crippen molar-refractivity contribution in [2.45, 2.75) is 20.3 Å². The molecule has 0 radical (unpaired) electrons. The van der Waals surface area contributed by atoms with Crippen LogP contribution < -0.4 is 0 Å². The van der Waals surface area contributed by atoms with Crippen molar-refractivity contribution in [3.05, 3.63) is 23.8 Å². The van der Waals surface area contributed by atoms with E-state index in [9.17, 15) is 4.79 Å². The minimum Gasteiger partial charge on any atom is -0.300 e. The first-order valence-electron chi connectivity index (χ1n) is 3.45. The molecular formula is C8H10N2O. The number of aromatic nitrogens is 2. The number of nitrogens with zero attached hydrogens (tertiary/aromatic N) is 2. The van der Waals surface area contributed by atoms with Crippen LogP contribution in [0.25, 0.3) is 0 Å². The van der Waals surface area contributed by atoms with Crippen LogP contribution in [0.4, 0.5) is 0 Å². The average molecular weight is 150 g/mol. The average Bonchev–Trinajstić information content (AvgIpc) is 1.85. The van der Waals surface area contributed by atoms with Crippen LogP contribution in [0.15, 0.2) is 12.4 Å². The van der Waals surface area contributed by atoms with Crippen LogP contribution in [0.1, 0.15) is 18.3 Å². The minimum atomic E-state index is 0.128. The zero-order valence-corrected chi connectivity index (χ0v) is 6.66. The van der Waals surface area contributed by atoms with Gasteiger partial charge in [0.15, 0.2) is 0 Å². The van der Waals surface area contributed by atoms with Gasteiger partial charge in [0, 0.05) is 12.1 Å². The molecule has 0 aliphatic rings. The quantitative estimate of drug-likeness (QED) is 0.629. The van der Waals surface area contributed by atoms with Gasteiger partial charge in [0.25, 0.3) is 0 Å². The largest absolute Gasteiger partial charge is 0.300 e. The summed E-state index contributed by atoms with van der Waals surface area (Å²) in [6.45, 7) is 3.43. The zero-order valence-electron chi connectivity index (χ0n) is 6.66. The standard InChI is InChI=1S/C8H10N2O/c1-6-3-8(4-7(2)11)10-5-9-6/h3,5H,4H2,1-2H3. The molecule has 0 saturated heterocycles. The Kier molecular flexibility index (Phi) is 2.31. The van der Waals surface area contributed by atoms with E-state index in [0.29, 0.717) is 6.42 Å². The first-order valence-corrected chi connectivity index (χ1v) is 3.45. The normalized spacial score (nSPS) is 9.64. The Morgan fingerprint density at radius 2 is 2.27 bits per heavy atom. The van der Waals surface area contributed by atoms with E-state index in [1.807, 2.05) is 13.0 Å². The highest BCUT2D eigenvalue weighted by molar-refractivity contribution is 5.77. The summed E-state index contributed by atoms with van der Waals surface area (Å²) >= 11 is 0. The van der Waals surface area contributed by atoms with Crippen LogP contribution in [-0.4, -0.2) is 15.8 Å². The summed E-state index contributed by atoms with van der Waals surface area (Å²) in [7, 11) is 0. The van der Waals surface area contributed by atoms with E-state index in [1.54, 1.807) is 6.92 Å². The van der Waals surface area contributed by atoms with Gasteiger partial charge in [-0.2, -0.15) is 0 Å². The molecule has 0 aliphatic heterocycles. The molecule has 1 heterocycles. The van der Waals surface area contributed by atoms with Gasteiger partial charge in [0.05, 0.1) is 5.69 Å². The number of rotatable bonds is 2. The molecule has 0 unspecified atom stereocenters. The molecule has 0 atom stereocenters. The Morgan fingerprint density at radius 3 is 2.82 bits per heavy atom. The van der Waals surface area contributed by atoms with Gasteiger partial charge in [-0.25, -0.2) is 9.97 Å². The van der Waals surface area contributed by atoms with E-state index < -0.39 is 0 Å². The molecule has 11 heavy (non-hydrogen) atoms. The fraction of sp³-hybridized carbons (Fsp3) is 0.375. The lowest BCUT2D eigenvalue weighted by Crippen LogP contribution is -1.99. The van der Waals surface area contributed by atoms with Crippen molar-refractivity contribution in [1.82, 2.24) is 9.97 Å². The highest BCUT2D eigenvalue weighted by Gasteiger charge is 1.98. The van der Waals surface area contributed by atoms with E-state index in [-0.39, 0.29) is 5.78 Å². The maximum absolute atomic E-state index is 10.7. The molecule has 1 rings (SSSR count). The number of hydrogen-bond donors (Lipinski definition) is 0. The van der Waals surface area contributed by atoms with E-state index in [1.165, 1.54) is 6.33 Å². The molecule has 1 aromatic rings.